The fourth-order valence-electron chi connectivity index (χ4n) is 1.58. The van der Waals surface area contributed by atoms with E-state index in [0.29, 0.717) is 12.0 Å². The van der Waals surface area contributed by atoms with Crippen LogP contribution < -0.4 is 0 Å². The third-order valence-corrected chi connectivity index (χ3v) is 2.58. The van der Waals surface area contributed by atoms with Crippen LogP contribution in [0.2, 0.25) is 0 Å². The molecule has 0 N–H and O–H groups in total. The highest BCUT2D eigenvalue weighted by Gasteiger charge is 2.08. The molecule has 0 bridgehead atoms. The Balaban J connectivity index is 2.11. The first-order valence-corrected chi connectivity index (χ1v) is 6.05. The van der Waals surface area contributed by atoms with Crippen molar-refractivity contribution in [2.45, 2.75) is 13.3 Å². The van der Waals surface area contributed by atoms with E-state index in [-0.39, 0.29) is 0 Å². The number of oxime groups is 1. The Morgan fingerprint density at radius 1 is 1.16 bits per heavy atom. The molecule has 19 heavy (non-hydrogen) atoms. The quantitative estimate of drug-likeness (QED) is 0.478. The minimum absolute atomic E-state index is 0.384. The average Bonchev–Trinajstić information content (AvgIpc) is 2.49. The van der Waals surface area contributed by atoms with Gasteiger partial charge in [-0.3, -0.25) is 4.98 Å². The van der Waals surface area contributed by atoms with Crippen molar-refractivity contribution in [2.24, 2.45) is 5.16 Å². The lowest BCUT2D eigenvalue weighted by molar-refractivity contribution is 0.0515. The van der Waals surface area contributed by atoms with Gasteiger partial charge in [-0.1, -0.05) is 42.4 Å². The zero-order chi connectivity index (χ0) is 13.5. The summed E-state index contributed by atoms with van der Waals surface area (Å²) in [6.07, 6.45) is 3.73. The summed E-state index contributed by atoms with van der Waals surface area (Å²) >= 11 is 0. The van der Waals surface area contributed by atoms with E-state index in [1.165, 1.54) is 6.20 Å². The standard InChI is InChI=1S/C15H14N2O2/c1-2-14(12-7-4-3-5-8-12)17-19-15(18)13-9-6-10-16-11-13/h3-11H,2H2,1H3/b17-14+. The highest BCUT2D eigenvalue weighted by Crippen LogP contribution is 2.06. The molecule has 0 spiro atoms. The van der Waals surface area contributed by atoms with E-state index in [1.807, 2.05) is 37.3 Å². The van der Waals surface area contributed by atoms with Crippen LogP contribution in [-0.2, 0) is 4.84 Å². The second kappa shape index (κ2) is 6.44. The van der Waals surface area contributed by atoms with Crippen LogP contribution in [0.4, 0.5) is 0 Å². The van der Waals surface area contributed by atoms with Crippen LogP contribution in [0.1, 0.15) is 29.3 Å². The molecule has 1 aromatic heterocycles. The summed E-state index contributed by atoms with van der Waals surface area (Å²) in [5, 5.41) is 3.93. The number of rotatable bonds is 4. The van der Waals surface area contributed by atoms with Crippen LogP contribution >= 0.6 is 0 Å². The third kappa shape index (κ3) is 3.48. The van der Waals surface area contributed by atoms with Gasteiger partial charge in [0.2, 0.25) is 0 Å². The summed E-state index contributed by atoms with van der Waals surface area (Å²) in [7, 11) is 0. The second-order valence-electron chi connectivity index (χ2n) is 3.88. The molecule has 2 aromatic rings. The summed E-state index contributed by atoms with van der Waals surface area (Å²) in [6.45, 7) is 1.96. The van der Waals surface area contributed by atoms with Crippen molar-refractivity contribution < 1.29 is 9.63 Å². The van der Waals surface area contributed by atoms with E-state index >= 15 is 0 Å². The van der Waals surface area contributed by atoms with Crippen molar-refractivity contribution in [3.8, 4) is 0 Å². The van der Waals surface area contributed by atoms with Gasteiger partial charge in [-0.25, -0.2) is 4.79 Å². The van der Waals surface area contributed by atoms with Crippen molar-refractivity contribution in [3.05, 3.63) is 66.0 Å². The van der Waals surface area contributed by atoms with E-state index in [4.69, 9.17) is 4.84 Å². The SMILES string of the molecule is CC/C(=N\OC(=O)c1cccnc1)c1ccccc1. The van der Waals surface area contributed by atoms with Gasteiger partial charge in [0.15, 0.2) is 0 Å². The lowest BCUT2D eigenvalue weighted by Gasteiger charge is -2.03. The minimum atomic E-state index is -0.505. The predicted octanol–water partition coefficient (Wildman–Crippen LogP) is 3.05. The zero-order valence-electron chi connectivity index (χ0n) is 10.6. The van der Waals surface area contributed by atoms with Gasteiger partial charge in [0, 0.05) is 12.4 Å². The number of hydrogen-bond acceptors (Lipinski definition) is 4. The summed E-state index contributed by atoms with van der Waals surface area (Å²) in [6, 6.07) is 12.9. The maximum Gasteiger partial charge on any atom is 0.367 e. The highest BCUT2D eigenvalue weighted by atomic mass is 16.7. The van der Waals surface area contributed by atoms with Crippen LogP contribution in [0.25, 0.3) is 0 Å². The molecular weight excluding hydrogens is 240 g/mol. The molecule has 0 saturated carbocycles. The zero-order valence-corrected chi connectivity index (χ0v) is 10.6. The molecule has 4 heteroatoms. The molecule has 4 nitrogen and oxygen atoms in total. The number of carbonyl (C=O) groups excluding carboxylic acids is 1. The van der Waals surface area contributed by atoms with Gasteiger partial charge in [0.1, 0.15) is 0 Å². The molecule has 0 amide bonds. The maximum atomic E-state index is 11.7. The molecule has 2 rings (SSSR count). The molecule has 0 radical (unpaired) electrons. The summed E-state index contributed by atoms with van der Waals surface area (Å²) in [4.78, 5) is 20.5. The largest absolute Gasteiger partial charge is 0.367 e. The first-order chi connectivity index (χ1) is 9.31. The summed E-state index contributed by atoms with van der Waals surface area (Å²) in [5.41, 5.74) is 2.07. The lowest BCUT2D eigenvalue weighted by Crippen LogP contribution is -2.05. The van der Waals surface area contributed by atoms with Gasteiger partial charge in [0.05, 0.1) is 11.3 Å². The van der Waals surface area contributed by atoms with E-state index in [1.54, 1.807) is 18.3 Å². The van der Waals surface area contributed by atoms with E-state index in [0.717, 1.165) is 11.3 Å². The van der Waals surface area contributed by atoms with Crippen molar-refractivity contribution >= 4 is 11.7 Å². The van der Waals surface area contributed by atoms with Crippen molar-refractivity contribution in [2.75, 3.05) is 0 Å². The molecule has 0 atom stereocenters. The first kappa shape index (κ1) is 13.0. The Kier molecular flexibility index (Phi) is 4.39. The van der Waals surface area contributed by atoms with Gasteiger partial charge < -0.3 is 4.84 Å². The predicted molar refractivity (Wildman–Crippen MR) is 72.9 cm³/mol. The smallest absolute Gasteiger partial charge is 0.312 e. The Hall–Kier alpha value is -2.49. The second-order valence-corrected chi connectivity index (χ2v) is 3.88. The van der Waals surface area contributed by atoms with Crippen LogP contribution in [0.15, 0.2) is 60.0 Å². The number of hydrogen-bond donors (Lipinski definition) is 0. The Morgan fingerprint density at radius 2 is 1.89 bits per heavy atom. The fourth-order valence-corrected chi connectivity index (χ4v) is 1.58. The lowest BCUT2D eigenvalue weighted by atomic mass is 10.1. The monoisotopic (exact) mass is 254 g/mol. The van der Waals surface area contributed by atoms with Gasteiger partial charge >= 0.3 is 5.97 Å². The summed E-state index contributed by atoms with van der Waals surface area (Å²) in [5.74, 6) is -0.505. The molecular formula is C15H14N2O2. The number of carbonyl (C=O) groups is 1. The maximum absolute atomic E-state index is 11.7. The first-order valence-electron chi connectivity index (χ1n) is 6.05. The molecule has 96 valence electrons. The van der Waals surface area contributed by atoms with Crippen LogP contribution in [0.3, 0.4) is 0 Å². The van der Waals surface area contributed by atoms with Gasteiger partial charge in [-0.15, -0.1) is 0 Å². The Morgan fingerprint density at radius 3 is 2.53 bits per heavy atom. The van der Waals surface area contributed by atoms with Crippen LogP contribution in [0, 0.1) is 0 Å². The molecule has 1 aromatic carbocycles. The van der Waals surface area contributed by atoms with E-state index < -0.39 is 5.97 Å². The molecule has 0 saturated heterocycles. The summed E-state index contributed by atoms with van der Waals surface area (Å²) < 4.78 is 0. The average molecular weight is 254 g/mol. The number of aromatic nitrogens is 1. The molecule has 0 aliphatic heterocycles. The van der Waals surface area contributed by atoms with Crippen LogP contribution in [-0.4, -0.2) is 16.7 Å². The van der Waals surface area contributed by atoms with E-state index in [2.05, 4.69) is 10.1 Å². The van der Waals surface area contributed by atoms with Gasteiger partial charge in [-0.2, -0.15) is 0 Å². The van der Waals surface area contributed by atoms with E-state index in [9.17, 15) is 4.79 Å². The molecule has 0 aliphatic carbocycles. The van der Waals surface area contributed by atoms with Crippen molar-refractivity contribution in [3.63, 3.8) is 0 Å². The molecule has 0 unspecified atom stereocenters. The van der Waals surface area contributed by atoms with Crippen molar-refractivity contribution in [1.82, 2.24) is 4.98 Å². The molecule has 0 fully saturated rings. The Bertz CT molecular complexity index is 565. The van der Waals surface area contributed by atoms with Gasteiger partial charge in [0.25, 0.3) is 0 Å². The minimum Gasteiger partial charge on any atom is -0.312 e. The fraction of sp³-hybridized carbons (Fsp3) is 0.133. The topological polar surface area (TPSA) is 51.5 Å². The van der Waals surface area contributed by atoms with Crippen LogP contribution in [0.5, 0.6) is 0 Å². The molecule has 1 heterocycles. The highest BCUT2D eigenvalue weighted by molar-refractivity contribution is 6.00. The third-order valence-electron chi connectivity index (χ3n) is 2.58. The van der Waals surface area contributed by atoms with Crippen molar-refractivity contribution in [1.29, 1.82) is 0 Å². The number of pyridine rings is 1. The number of benzene rings is 1. The Labute approximate surface area is 111 Å². The van der Waals surface area contributed by atoms with Gasteiger partial charge in [-0.05, 0) is 24.1 Å². The number of nitrogens with zero attached hydrogens (tertiary/aromatic N) is 2. The normalized spacial score (nSPS) is 11.1. The molecule has 0 aliphatic rings.